The van der Waals surface area contributed by atoms with Crippen molar-refractivity contribution in [2.75, 3.05) is 18.5 Å². The van der Waals surface area contributed by atoms with Crippen molar-refractivity contribution in [2.45, 2.75) is 33.6 Å². The third-order valence-corrected chi connectivity index (χ3v) is 4.60. The summed E-state index contributed by atoms with van der Waals surface area (Å²) in [6.07, 6.45) is 0. The van der Waals surface area contributed by atoms with Crippen molar-refractivity contribution in [3.63, 3.8) is 0 Å². The average Bonchev–Trinajstić information content (AvgIpc) is 3.03. The van der Waals surface area contributed by atoms with Gasteiger partial charge in [-0.25, -0.2) is 4.79 Å². The molecule has 6 heteroatoms. The summed E-state index contributed by atoms with van der Waals surface area (Å²) in [5.41, 5.74) is 2.95. The number of amides is 1. The Kier molecular flexibility index (Phi) is 6.22. The minimum Gasteiger partial charge on any atom is -0.494 e. The molecule has 1 aromatic heterocycles. The summed E-state index contributed by atoms with van der Waals surface area (Å²) in [5, 5.41) is 3.57. The summed E-state index contributed by atoms with van der Waals surface area (Å²) in [6, 6.07) is 12.9. The van der Waals surface area contributed by atoms with E-state index in [1.807, 2.05) is 51.1 Å². The molecule has 1 amide bonds. The highest BCUT2D eigenvalue weighted by Crippen LogP contribution is 2.29. The first-order valence-corrected chi connectivity index (χ1v) is 9.62. The number of anilines is 1. The molecule has 0 aliphatic heterocycles. The van der Waals surface area contributed by atoms with Crippen LogP contribution in [-0.2, 0) is 9.53 Å². The lowest BCUT2D eigenvalue weighted by atomic mass is 10.0. The second kappa shape index (κ2) is 8.82. The molecule has 0 atom stereocenters. The Morgan fingerprint density at radius 1 is 1.14 bits per heavy atom. The zero-order valence-electron chi connectivity index (χ0n) is 17.1. The summed E-state index contributed by atoms with van der Waals surface area (Å²) < 4.78 is 16.3. The first kappa shape index (κ1) is 20.5. The van der Waals surface area contributed by atoms with Crippen LogP contribution in [0.1, 0.15) is 48.4 Å². The third-order valence-electron chi connectivity index (χ3n) is 4.60. The van der Waals surface area contributed by atoms with Crippen LogP contribution in [0.15, 0.2) is 46.9 Å². The van der Waals surface area contributed by atoms with Crippen LogP contribution < -0.4 is 10.1 Å². The van der Waals surface area contributed by atoms with Crippen LogP contribution in [0.25, 0.3) is 11.0 Å². The molecule has 29 heavy (non-hydrogen) atoms. The van der Waals surface area contributed by atoms with Crippen LogP contribution in [0.3, 0.4) is 0 Å². The Bertz CT molecular complexity index is 1030. The van der Waals surface area contributed by atoms with Crippen LogP contribution in [0.4, 0.5) is 5.69 Å². The van der Waals surface area contributed by atoms with Gasteiger partial charge in [-0.15, -0.1) is 0 Å². The van der Waals surface area contributed by atoms with Gasteiger partial charge in [0.2, 0.25) is 5.76 Å². The average molecular weight is 395 g/mol. The zero-order chi connectivity index (χ0) is 21.0. The van der Waals surface area contributed by atoms with Crippen molar-refractivity contribution in [3.8, 4) is 5.75 Å². The van der Waals surface area contributed by atoms with Crippen LogP contribution in [0.2, 0.25) is 0 Å². The number of ether oxygens (including phenoxy) is 2. The van der Waals surface area contributed by atoms with Gasteiger partial charge in [0.25, 0.3) is 5.91 Å². The van der Waals surface area contributed by atoms with E-state index in [9.17, 15) is 9.59 Å². The number of furan rings is 1. The fourth-order valence-corrected chi connectivity index (χ4v) is 3.15. The fraction of sp³-hybridized carbons (Fsp3) is 0.304. The molecule has 3 aromatic rings. The number of rotatable bonds is 7. The minimum absolute atomic E-state index is 0.0871. The summed E-state index contributed by atoms with van der Waals surface area (Å²) in [6.45, 7) is 7.92. The molecule has 0 saturated carbocycles. The smallest absolute Gasteiger partial charge is 0.375 e. The Hall–Kier alpha value is -3.28. The molecule has 6 nitrogen and oxygen atoms in total. The lowest BCUT2D eigenvalue weighted by Crippen LogP contribution is -2.21. The van der Waals surface area contributed by atoms with Crippen molar-refractivity contribution in [1.82, 2.24) is 0 Å². The zero-order valence-corrected chi connectivity index (χ0v) is 17.1. The highest BCUT2D eigenvalue weighted by Gasteiger charge is 2.21. The van der Waals surface area contributed by atoms with Gasteiger partial charge in [0, 0.05) is 16.6 Å². The molecule has 0 aliphatic rings. The van der Waals surface area contributed by atoms with Gasteiger partial charge in [0.15, 0.2) is 6.61 Å². The van der Waals surface area contributed by atoms with Gasteiger partial charge in [-0.2, -0.15) is 0 Å². The fourth-order valence-electron chi connectivity index (χ4n) is 3.15. The van der Waals surface area contributed by atoms with Crippen LogP contribution in [0, 0.1) is 6.92 Å². The van der Waals surface area contributed by atoms with E-state index in [1.54, 1.807) is 19.1 Å². The highest BCUT2D eigenvalue weighted by atomic mass is 16.5. The summed E-state index contributed by atoms with van der Waals surface area (Å²) in [4.78, 5) is 24.7. The standard InChI is InChI=1S/C23H25NO5/c1-5-27-16-10-11-20-18(12-16)15(4)22(29-20)23(26)28-13-21(25)24-19-9-7-6-8-17(19)14(2)3/h6-12,14H,5,13H2,1-4H3,(H,24,25). The van der Waals surface area contributed by atoms with E-state index in [-0.39, 0.29) is 11.7 Å². The second-order valence-electron chi connectivity index (χ2n) is 7.01. The van der Waals surface area contributed by atoms with E-state index in [4.69, 9.17) is 13.9 Å². The Morgan fingerprint density at radius 2 is 1.90 bits per heavy atom. The van der Waals surface area contributed by atoms with Crippen molar-refractivity contribution >= 4 is 28.5 Å². The minimum atomic E-state index is -0.677. The van der Waals surface area contributed by atoms with E-state index in [1.165, 1.54) is 0 Å². The van der Waals surface area contributed by atoms with Gasteiger partial charge < -0.3 is 19.2 Å². The van der Waals surface area contributed by atoms with E-state index in [0.29, 0.717) is 29.2 Å². The number of benzene rings is 2. The monoisotopic (exact) mass is 395 g/mol. The second-order valence-corrected chi connectivity index (χ2v) is 7.01. The van der Waals surface area contributed by atoms with Crippen molar-refractivity contribution in [1.29, 1.82) is 0 Å². The van der Waals surface area contributed by atoms with Crippen molar-refractivity contribution < 1.29 is 23.5 Å². The molecule has 0 fully saturated rings. The van der Waals surface area contributed by atoms with Gasteiger partial charge in [0.05, 0.1) is 6.61 Å². The maximum atomic E-state index is 12.5. The third kappa shape index (κ3) is 4.59. The first-order chi connectivity index (χ1) is 13.9. The number of hydrogen-bond donors (Lipinski definition) is 1. The van der Waals surface area contributed by atoms with Gasteiger partial charge in [-0.3, -0.25) is 4.79 Å². The summed E-state index contributed by atoms with van der Waals surface area (Å²) >= 11 is 0. The van der Waals surface area contributed by atoms with E-state index >= 15 is 0 Å². The quantitative estimate of drug-likeness (QED) is 0.566. The Labute approximate surface area is 169 Å². The molecular weight excluding hydrogens is 370 g/mol. The number of para-hydroxylation sites is 1. The number of fused-ring (bicyclic) bond motifs is 1. The van der Waals surface area contributed by atoms with Gasteiger partial charge in [0.1, 0.15) is 11.3 Å². The van der Waals surface area contributed by atoms with Crippen LogP contribution >= 0.6 is 0 Å². The van der Waals surface area contributed by atoms with E-state index < -0.39 is 18.5 Å². The molecule has 0 saturated heterocycles. The molecule has 152 valence electrons. The van der Waals surface area contributed by atoms with Gasteiger partial charge in [-0.05, 0) is 49.6 Å². The molecule has 0 radical (unpaired) electrons. The largest absolute Gasteiger partial charge is 0.494 e. The van der Waals surface area contributed by atoms with Crippen LogP contribution in [0.5, 0.6) is 5.75 Å². The van der Waals surface area contributed by atoms with Gasteiger partial charge in [-0.1, -0.05) is 32.0 Å². The number of esters is 1. The number of carbonyl (C=O) groups excluding carboxylic acids is 2. The maximum Gasteiger partial charge on any atom is 0.375 e. The Balaban J connectivity index is 1.68. The molecule has 1 N–H and O–H groups in total. The summed E-state index contributed by atoms with van der Waals surface area (Å²) in [5.74, 6) is -0.0346. The predicted molar refractivity (Wildman–Crippen MR) is 112 cm³/mol. The number of carbonyl (C=O) groups is 2. The normalized spacial score (nSPS) is 10.9. The molecule has 1 heterocycles. The number of hydrogen-bond acceptors (Lipinski definition) is 5. The maximum absolute atomic E-state index is 12.5. The molecule has 0 bridgehead atoms. The van der Waals surface area contributed by atoms with Crippen LogP contribution in [-0.4, -0.2) is 25.1 Å². The van der Waals surface area contributed by atoms with E-state index in [0.717, 1.165) is 10.9 Å². The molecule has 3 rings (SSSR count). The SMILES string of the molecule is CCOc1ccc2oc(C(=O)OCC(=O)Nc3ccccc3C(C)C)c(C)c2c1. The van der Waals surface area contributed by atoms with E-state index in [2.05, 4.69) is 5.32 Å². The Morgan fingerprint density at radius 3 is 2.62 bits per heavy atom. The number of aryl methyl sites for hydroxylation is 1. The molecule has 0 unspecified atom stereocenters. The summed E-state index contributed by atoms with van der Waals surface area (Å²) in [7, 11) is 0. The molecule has 0 spiro atoms. The molecule has 2 aromatic carbocycles. The number of nitrogens with one attached hydrogen (secondary N) is 1. The highest BCUT2D eigenvalue weighted by molar-refractivity contribution is 5.98. The van der Waals surface area contributed by atoms with Crippen molar-refractivity contribution in [3.05, 3.63) is 59.4 Å². The lowest BCUT2D eigenvalue weighted by Gasteiger charge is -2.13. The lowest BCUT2D eigenvalue weighted by molar-refractivity contribution is -0.119. The first-order valence-electron chi connectivity index (χ1n) is 9.62. The molecular formula is C23H25NO5. The molecule has 0 aliphatic carbocycles. The predicted octanol–water partition coefficient (Wildman–Crippen LogP) is 5.06. The van der Waals surface area contributed by atoms with Gasteiger partial charge >= 0.3 is 5.97 Å². The topological polar surface area (TPSA) is 77.8 Å². The van der Waals surface area contributed by atoms with Crippen molar-refractivity contribution in [2.24, 2.45) is 0 Å².